The lowest BCUT2D eigenvalue weighted by molar-refractivity contribution is 0.574. The second-order valence-corrected chi connectivity index (χ2v) is 5.71. The molecule has 1 heterocycles. The van der Waals surface area contributed by atoms with Gasteiger partial charge in [-0.05, 0) is 18.6 Å². The van der Waals surface area contributed by atoms with E-state index < -0.39 is 15.3 Å². The molecule has 0 aliphatic carbocycles. The fourth-order valence-corrected chi connectivity index (χ4v) is 2.87. The summed E-state index contributed by atoms with van der Waals surface area (Å²) in [6.45, 7) is 1.93. The lowest BCUT2D eigenvalue weighted by Gasteiger charge is -2.23. The summed E-state index contributed by atoms with van der Waals surface area (Å²) in [6, 6.07) is 5.14. The van der Waals surface area contributed by atoms with Crippen LogP contribution in [-0.4, -0.2) is 32.2 Å². The predicted molar refractivity (Wildman–Crippen MR) is 64.7 cm³/mol. The smallest absolute Gasteiger partial charge is 0.240 e. The van der Waals surface area contributed by atoms with Crippen LogP contribution in [-0.2, 0) is 10.0 Å². The van der Waals surface area contributed by atoms with E-state index in [0.717, 1.165) is 0 Å². The molecule has 0 fully saturated rings. The summed E-state index contributed by atoms with van der Waals surface area (Å²) in [4.78, 5) is 4.00. The summed E-state index contributed by atoms with van der Waals surface area (Å²) >= 11 is 0. The summed E-state index contributed by atoms with van der Waals surface area (Å²) in [5.74, 6) is 0.411. The lowest BCUT2D eigenvalue weighted by atomic mass is 10.3. The molecule has 0 bridgehead atoms. The van der Waals surface area contributed by atoms with Gasteiger partial charge in [0.05, 0.1) is 5.25 Å². The summed E-state index contributed by atoms with van der Waals surface area (Å²) in [6.07, 6.45) is 2.06. The van der Waals surface area contributed by atoms with Crippen LogP contribution in [0.15, 0.2) is 24.4 Å². The fourth-order valence-electron chi connectivity index (χ4n) is 1.39. The van der Waals surface area contributed by atoms with E-state index in [1.165, 1.54) is 11.4 Å². The van der Waals surface area contributed by atoms with Crippen molar-refractivity contribution < 1.29 is 8.42 Å². The first-order valence-electron chi connectivity index (χ1n) is 5.12. The third-order valence-corrected chi connectivity index (χ3v) is 4.81. The first kappa shape index (κ1) is 12.9. The highest BCUT2D eigenvalue weighted by Gasteiger charge is 2.27. The quantitative estimate of drug-likeness (QED) is 0.821. The highest BCUT2D eigenvalue weighted by atomic mass is 32.2. The Balaban J connectivity index is 3.01. The van der Waals surface area contributed by atoms with Crippen molar-refractivity contribution in [2.24, 2.45) is 5.73 Å². The molecule has 0 aliphatic rings. The van der Waals surface area contributed by atoms with E-state index in [0.29, 0.717) is 12.2 Å². The van der Waals surface area contributed by atoms with Gasteiger partial charge in [-0.25, -0.2) is 13.4 Å². The maximum Gasteiger partial charge on any atom is 0.240 e. The molecule has 16 heavy (non-hydrogen) atoms. The number of nitrogens with zero attached hydrogens (tertiary/aromatic N) is 2. The predicted octanol–water partition coefficient (Wildman–Crippen LogP) is 0.585. The zero-order valence-electron chi connectivity index (χ0n) is 9.50. The van der Waals surface area contributed by atoms with Gasteiger partial charge in [0.1, 0.15) is 5.82 Å². The van der Waals surface area contributed by atoms with Crippen molar-refractivity contribution in [2.45, 2.75) is 18.6 Å². The van der Waals surface area contributed by atoms with E-state index in [1.807, 2.05) is 0 Å². The minimum atomic E-state index is -3.41. The second-order valence-electron chi connectivity index (χ2n) is 3.47. The molecule has 1 aromatic rings. The number of rotatable bonds is 5. The van der Waals surface area contributed by atoms with Crippen molar-refractivity contribution in [2.75, 3.05) is 17.9 Å². The van der Waals surface area contributed by atoms with E-state index in [9.17, 15) is 8.42 Å². The third kappa shape index (κ3) is 2.51. The van der Waals surface area contributed by atoms with Crippen LogP contribution in [0.2, 0.25) is 0 Å². The maximum atomic E-state index is 12.1. The summed E-state index contributed by atoms with van der Waals surface area (Å²) in [5.41, 5.74) is 5.46. The molecule has 0 radical (unpaired) electrons. The lowest BCUT2D eigenvalue weighted by Crippen LogP contribution is -2.40. The van der Waals surface area contributed by atoms with Gasteiger partial charge in [-0.1, -0.05) is 13.0 Å². The fraction of sp³-hybridized carbons (Fsp3) is 0.500. The molecular formula is C10H17N3O2S. The molecule has 1 rings (SSSR count). The van der Waals surface area contributed by atoms with Crippen LogP contribution in [0.3, 0.4) is 0 Å². The van der Waals surface area contributed by atoms with Crippen LogP contribution in [0.25, 0.3) is 0 Å². The number of hydrogen-bond acceptors (Lipinski definition) is 4. The zero-order chi connectivity index (χ0) is 12.2. The molecular weight excluding hydrogens is 226 g/mol. The Bertz CT molecular complexity index is 415. The molecule has 2 N–H and O–H groups in total. The van der Waals surface area contributed by atoms with E-state index in [4.69, 9.17) is 5.73 Å². The van der Waals surface area contributed by atoms with Gasteiger partial charge in [0.2, 0.25) is 10.0 Å². The number of anilines is 1. The Hall–Kier alpha value is -1.14. The molecule has 0 aliphatic heterocycles. The van der Waals surface area contributed by atoms with Gasteiger partial charge in [0.15, 0.2) is 0 Å². The Morgan fingerprint density at radius 1 is 1.50 bits per heavy atom. The van der Waals surface area contributed by atoms with Gasteiger partial charge in [0, 0.05) is 19.8 Å². The van der Waals surface area contributed by atoms with Gasteiger partial charge >= 0.3 is 0 Å². The van der Waals surface area contributed by atoms with Gasteiger partial charge in [-0.2, -0.15) is 0 Å². The molecule has 0 saturated heterocycles. The van der Waals surface area contributed by atoms with Crippen molar-refractivity contribution >= 4 is 15.8 Å². The third-order valence-electron chi connectivity index (χ3n) is 2.49. The average Bonchev–Trinajstić information content (AvgIpc) is 2.30. The van der Waals surface area contributed by atoms with Crippen LogP contribution in [0.5, 0.6) is 0 Å². The van der Waals surface area contributed by atoms with Crippen LogP contribution in [0.4, 0.5) is 5.82 Å². The zero-order valence-corrected chi connectivity index (χ0v) is 10.3. The van der Waals surface area contributed by atoms with Crippen LogP contribution < -0.4 is 10.0 Å². The minimum absolute atomic E-state index is 0.121. The van der Waals surface area contributed by atoms with E-state index in [-0.39, 0.29) is 6.54 Å². The van der Waals surface area contributed by atoms with Crippen molar-refractivity contribution in [1.82, 2.24) is 4.98 Å². The molecule has 0 amide bonds. The molecule has 0 saturated carbocycles. The normalized spacial score (nSPS) is 13.4. The first-order valence-corrected chi connectivity index (χ1v) is 6.63. The number of nitrogens with two attached hydrogens (primary N) is 1. The first-order chi connectivity index (χ1) is 7.54. The monoisotopic (exact) mass is 243 g/mol. The van der Waals surface area contributed by atoms with Gasteiger partial charge < -0.3 is 5.73 Å². The molecule has 90 valence electrons. The van der Waals surface area contributed by atoms with Crippen LogP contribution in [0, 0.1) is 0 Å². The number of hydrogen-bond donors (Lipinski definition) is 1. The van der Waals surface area contributed by atoms with Crippen molar-refractivity contribution in [3.63, 3.8) is 0 Å². The molecule has 6 heteroatoms. The standard InChI is InChI=1S/C10H17N3O2S/c1-3-9(8-11)16(14,15)13(2)10-6-4-5-7-12-10/h4-7,9H,3,8,11H2,1-2H3. The Kier molecular flexibility index (Phi) is 4.26. The Morgan fingerprint density at radius 2 is 2.19 bits per heavy atom. The van der Waals surface area contributed by atoms with Gasteiger partial charge in [0.25, 0.3) is 0 Å². The summed E-state index contributed by atoms with van der Waals surface area (Å²) in [5, 5.41) is -0.556. The summed E-state index contributed by atoms with van der Waals surface area (Å²) < 4.78 is 25.4. The highest BCUT2D eigenvalue weighted by molar-refractivity contribution is 7.93. The van der Waals surface area contributed by atoms with E-state index in [1.54, 1.807) is 31.3 Å². The molecule has 5 nitrogen and oxygen atoms in total. The molecule has 0 aromatic carbocycles. The average molecular weight is 243 g/mol. The van der Waals surface area contributed by atoms with E-state index >= 15 is 0 Å². The van der Waals surface area contributed by atoms with Crippen molar-refractivity contribution in [3.8, 4) is 0 Å². The molecule has 1 atom stereocenters. The molecule has 1 aromatic heterocycles. The highest BCUT2D eigenvalue weighted by Crippen LogP contribution is 2.16. The number of sulfonamides is 1. The minimum Gasteiger partial charge on any atom is -0.329 e. The Morgan fingerprint density at radius 3 is 2.62 bits per heavy atom. The second kappa shape index (κ2) is 5.27. The number of pyridine rings is 1. The topological polar surface area (TPSA) is 76.3 Å². The number of aromatic nitrogens is 1. The van der Waals surface area contributed by atoms with Crippen LogP contribution in [0.1, 0.15) is 13.3 Å². The van der Waals surface area contributed by atoms with E-state index in [2.05, 4.69) is 4.98 Å². The van der Waals surface area contributed by atoms with Gasteiger partial charge in [-0.3, -0.25) is 4.31 Å². The van der Waals surface area contributed by atoms with Crippen molar-refractivity contribution in [3.05, 3.63) is 24.4 Å². The SMILES string of the molecule is CCC(CN)S(=O)(=O)N(C)c1ccccn1. The van der Waals surface area contributed by atoms with Gasteiger partial charge in [-0.15, -0.1) is 0 Å². The summed E-state index contributed by atoms with van der Waals surface area (Å²) in [7, 11) is -1.91. The molecule has 0 spiro atoms. The molecule has 1 unspecified atom stereocenters. The Labute approximate surface area is 96.3 Å². The van der Waals surface area contributed by atoms with Crippen molar-refractivity contribution in [1.29, 1.82) is 0 Å². The maximum absolute atomic E-state index is 12.1. The largest absolute Gasteiger partial charge is 0.329 e. The van der Waals surface area contributed by atoms with Crippen LogP contribution >= 0.6 is 0 Å².